The van der Waals surface area contributed by atoms with Crippen molar-refractivity contribution < 1.29 is 19.1 Å². The lowest BCUT2D eigenvalue weighted by molar-refractivity contribution is -0.140. The van der Waals surface area contributed by atoms with Gasteiger partial charge in [-0.15, -0.1) is 0 Å². The lowest BCUT2D eigenvalue weighted by Gasteiger charge is -2.19. The molecule has 2 N–H and O–H groups in total. The molecule has 0 radical (unpaired) electrons. The van der Waals surface area contributed by atoms with Crippen molar-refractivity contribution in [3.8, 4) is 5.75 Å². The fourth-order valence-electron chi connectivity index (χ4n) is 1.71. The minimum atomic E-state index is -0.365. The molecular weight excluding hydrogens is 260 g/mol. The van der Waals surface area contributed by atoms with Crippen molar-refractivity contribution in [2.75, 3.05) is 33.0 Å². The van der Waals surface area contributed by atoms with Crippen LogP contribution in [0.25, 0.3) is 0 Å². The Balaban J connectivity index is 2.88. The summed E-state index contributed by atoms with van der Waals surface area (Å²) >= 11 is 0. The van der Waals surface area contributed by atoms with Crippen molar-refractivity contribution in [3.63, 3.8) is 0 Å². The fourth-order valence-corrected chi connectivity index (χ4v) is 1.71. The van der Waals surface area contributed by atoms with E-state index in [1.807, 2.05) is 6.92 Å². The van der Waals surface area contributed by atoms with E-state index in [1.165, 1.54) is 12.0 Å². The Kier molecular flexibility index (Phi) is 5.83. The van der Waals surface area contributed by atoms with Gasteiger partial charge in [0.1, 0.15) is 11.3 Å². The minimum Gasteiger partial charge on any atom is -0.493 e. The lowest BCUT2D eigenvalue weighted by Crippen LogP contribution is -2.30. The molecule has 0 spiro atoms. The lowest BCUT2D eigenvalue weighted by atomic mass is 10.1. The first-order valence-corrected chi connectivity index (χ1v) is 6.34. The quantitative estimate of drug-likeness (QED) is 0.627. The molecule has 0 saturated heterocycles. The van der Waals surface area contributed by atoms with Gasteiger partial charge >= 0.3 is 5.97 Å². The number of carbonyl (C=O) groups excluding carboxylic acids is 2. The Labute approximate surface area is 118 Å². The van der Waals surface area contributed by atoms with Crippen molar-refractivity contribution in [1.82, 2.24) is 4.90 Å². The van der Waals surface area contributed by atoms with Crippen LogP contribution in [0.1, 0.15) is 23.7 Å². The first-order chi connectivity index (χ1) is 9.51. The van der Waals surface area contributed by atoms with Crippen molar-refractivity contribution in [3.05, 3.63) is 23.8 Å². The zero-order valence-corrected chi connectivity index (χ0v) is 12.0. The first-order valence-electron chi connectivity index (χ1n) is 6.34. The summed E-state index contributed by atoms with van der Waals surface area (Å²) in [5.41, 5.74) is 6.53. The van der Waals surface area contributed by atoms with Gasteiger partial charge in [0.05, 0.1) is 20.1 Å². The zero-order valence-electron chi connectivity index (χ0n) is 12.0. The van der Waals surface area contributed by atoms with E-state index in [9.17, 15) is 9.59 Å². The van der Waals surface area contributed by atoms with Gasteiger partial charge in [0.25, 0.3) is 5.91 Å². The maximum absolute atomic E-state index is 12.4. The Hall–Kier alpha value is -2.24. The molecule has 0 unspecified atom stereocenters. The van der Waals surface area contributed by atoms with Crippen LogP contribution >= 0.6 is 0 Å². The number of ether oxygens (including phenoxy) is 2. The summed E-state index contributed by atoms with van der Waals surface area (Å²) in [5.74, 6) is -0.200. The number of nitrogen functional groups attached to an aromatic ring is 1. The highest BCUT2D eigenvalue weighted by molar-refractivity contribution is 6.01. The van der Waals surface area contributed by atoms with Gasteiger partial charge in [-0.05, 0) is 19.1 Å². The third-order valence-corrected chi connectivity index (χ3v) is 2.80. The molecule has 0 heterocycles. The summed E-state index contributed by atoms with van der Waals surface area (Å²) in [6, 6.07) is 5.07. The molecule has 0 aromatic heterocycles. The number of hydrogen-bond acceptors (Lipinski definition) is 5. The maximum Gasteiger partial charge on any atom is 0.307 e. The molecule has 6 nitrogen and oxygen atoms in total. The van der Waals surface area contributed by atoms with Crippen LogP contribution in [0.2, 0.25) is 0 Å². The minimum absolute atomic E-state index is 0.134. The largest absolute Gasteiger partial charge is 0.493 e. The molecule has 1 rings (SSSR count). The van der Waals surface area contributed by atoms with E-state index in [1.54, 1.807) is 25.2 Å². The standard InChI is InChI=1S/C14H20N2O4/c1-4-20-11-7-5-6-10(15)13(11)14(18)16(2)9-8-12(17)19-3/h5-7H,4,8-9,15H2,1-3H3. The van der Waals surface area contributed by atoms with E-state index in [2.05, 4.69) is 4.74 Å². The second-order valence-electron chi connectivity index (χ2n) is 4.21. The molecule has 20 heavy (non-hydrogen) atoms. The second kappa shape index (κ2) is 7.37. The normalized spacial score (nSPS) is 9.95. The third kappa shape index (κ3) is 3.88. The molecule has 1 aromatic rings. The van der Waals surface area contributed by atoms with E-state index in [0.29, 0.717) is 23.6 Å². The average molecular weight is 280 g/mol. The van der Waals surface area contributed by atoms with Crippen LogP contribution in [-0.2, 0) is 9.53 Å². The highest BCUT2D eigenvalue weighted by atomic mass is 16.5. The van der Waals surface area contributed by atoms with Gasteiger partial charge in [-0.3, -0.25) is 9.59 Å². The van der Waals surface area contributed by atoms with Gasteiger partial charge in [-0.1, -0.05) is 6.07 Å². The van der Waals surface area contributed by atoms with Crippen LogP contribution in [0.3, 0.4) is 0 Å². The number of amides is 1. The van der Waals surface area contributed by atoms with Crippen molar-refractivity contribution in [2.45, 2.75) is 13.3 Å². The Morgan fingerprint density at radius 1 is 1.35 bits per heavy atom. The number of rotatable bonds is 6. The van der Waals surface area contributed by atoms with Crippen LogP contribution in [0.15, 0.2) is 18.2 Å². The number of hydrogen-bond donors (Lipinski definition) is 1. The van der Waals surface area contributed by atoms with Gasteiger partial charge in [0.15, 0.2) is 0 Å². The van der Waals surface area contributed by atoms with Gasteiger partial charge in [0, 0.05) is 19.3 Å². The Morgan fingerprint density at radius 3 is 2.65 bits per heavy atom. The summed E-state index contributed by atoms with van der Waals surface area (Å²) in [7, 11) is 2.92. The molecule has 110 valence electrons. The van der Waals surface area contributed by atoms with E-state index in [-0.39, 0.29) is 24.8 Å². The number of methoxy groups -OCH3 is 1. The third-order valence-electron chi connectivity index (χ3n) is 2.80. The molecule has 0 saturated carbocycles. The molecule has 0 aliphatic rings. The molecule has 6 heteroatoms. The number of carbonyl (C=O) groups is 2. The van der Waals surface area contributed by atoms with Crippen molar-refractivity contribution >= 4 is 17.6 Å². The fraction of sp³-hybridized carbons (Fsp3) is 0.429. The van der Waals surface area contributed by atoms with Crippen LogP contribution in [0, 0.1) is 0 Å². The Morgan fingerprint density at radius 2 is 2.05 bits per heavy atom. The number of anilines is 1. The van der Waals surface area contributed by atoms with Gasteiger partial charge in [-0.2, -0.15) is 0 Å². The van der Waals surface area contributed by atoms with Crippen molar-refractivity contribution in [2.24, 2.45) is 0 Å². The molecule has 0 fully saturated rings. The zero-order chi connectivity index (χ0) is 15.1. The smallest absolute Gasteiger partial charge is 0.307 e. The van der Waals surface area contributed by atoms with Gasteiger partial charge in [0.2, 0.25) is 0 Å². The number of nitrogens with zero attached hydrogens (tertiary/aromatic N) is 1. The number of esters is 1. The molecule has 0 aliphatic heterocycles. The molecular formula is C14H20N2O4. The van der Waals surface area contributed by atoms with E-state index >= 15 is 0 Å². The monoisotopic (exact) mass is 280 g/mol. The highest BCUT2D eigenvalue weighted by Gasteiger charge is 2.20. The Bertz CT molecular complexity index is 488. The molecule has 0 bridgehead atoms. The molecule has 0 atom stereocenters. The summed E-state index contributed by atoms with van der Waals surface area (Å²) in [5, 5.41) is 0. The predicted octanol–water partition coefficient (Wildman–Crippen LogP) is 1.30. The SMILES string of the molecule is CCOc1cccc(N)c1C(=O)N(C)CCC(=O)OC. The van der Waals surface area contributed by atoms with E-state index < -0.39 is 0 Å². The van der Waals surface area contributed by atoms with Crippen LogP contribution in [0.4, 0.5) is 5.69 Å². The van der Waals surface area contributed by atoms with Crippen LogP contribution in [-0.4, -0.2) is 44.1 Å². The summed E-state index contributed by atoms with van der Waals surface area (Å²) < 4.78 is 9.96. The summed E-state index contributed by atoms with van der Waals surface area (Å²) in [6.07, 6.45) is 0.134. The average Bonchev–Trinajstić information content (AvgIpc) is 2.44. The van der Waals surface area contributed by atoms with Crippen LogP contribution in [0.5, 0.6) is 5.75 Å². The first kappa shape index (κ1) is 15.8. The van der Waals surface area contributed by atoms with E-state index in [0.717, 1.165) is 0 Å². The second-order valence-corrected chi connectivity index (χ2v) is 4.21. The predicted molar refractivity (Wildman–Crippen MR) is 75.6 cm³/mol. The van der Waals surface area contributed by atoms with E-state index in [4.69, 9.17) is 10.5 Å². The molecule has 1 aromatic carbocycles. The van der Waals surface area contributed by atoms with Gasteiger partial charge in [-0.25, -0.2) is 0 Å². The highest BCUT2D eigenvalue weighted by Crippen LogP contribution is 2.25. The van der Waals surface area contributed by atoms with Gasteiger partial charge < -0.3 is 20.1 Å². The van der Waals surface area contributed by atoms with Crippen LogP contribution < -0.4 is 10.5 Å². The topological polar surface area (TPSA) is 81.9 Å². The maximum atomic E-state index is 12.4. The van der Waals surface area contributed by atoms with Crippen molar-refractivity contribution in [1.29, 1.82) is 0 Å². The number of benzene rings is 1. The molecule has 1 amide bonds. The summed E-state index contributed by atoms with van der Waals surface area (Å²) in [4.78, 5) is 24.9. The number of nitrogens with two attached hydrogens (primary N) is 1. The summed E-state index contributed by atoms with van der Waals surface area (Å²) in [6.45, 7) is 2.53. The molecule has 0 aliphatic carbocycles.